The van der Waals surface area contributed by atoms with E-state index in [0.717, 1.165) is 23.3 Å². The van der Waals surface area contributed by atoms with E-state index in [4.69, 9.17) is 5.73 Å². The minimum atomic E-state index is -4.33. The van der Waals surface area contributed by atoms with Crippen molar-refractivity contribution in [1.29, 1.82) is 0 Å². The summed E-state index contributed by atoms with van der Waals surface area (Å²) < 4.78 is 37.7. The van der Waals surface area contributed by atoms with Gasteiger partial charge in [0.25, 0.3) is 0 Å². The van der Waals surface area contributed by atoms with Crippen LogP contribution in [0.15, 0.2) is 42.5 Å². The summed E-state index contributed by atoms with van der Waals surface area (Å²) in [6.45, 7) is 1.91. The number of hydrogen-bond acceptors (Lipinski definition) is 3. The van der Waals surface area contributed by atoms with E-state index < -0.39 is 11.7 Å². The molecule has 4 nitrogen and oxygen atoms in total. The smallest absolute Gasteiger partial charge is 0.398 e. The van der Waals surface area contributed by atoms with Gasteiger partial charge in [-0.2, -0.15) is 18.3 Å². The SMILES string of the molecule is Cc1ccc(-c2n[nH]c(Cc3ccc(C(F)(F)F)cc3)n2)cc1N. The van der Waals surface area contributed by atoms with Crippen LogP contribution in [0.25, 0.3) is 11.4 Å². The van der Waals surface area contributed by atoms with Gasteiger partial charge >= 0.3 is 6.18 Å². The van der Waals surface area contributed by atoms with Crippen LogP contribution in [0, 0.1) is 6.92 Å². The highest BCUT2D eigenvalue weighted by atomic mass is 19.4. The lowest BCUT2D eigenvalue weighted by Crippen LogP contribution is -2.04. The number of benzene rings is 2. The number of aromatic amines is 1. The lowest BCUT2D eigenvalue weighted by molar-refractivity contribution is -0.137. The van der Waals surface area contributed by atoms with Crippen LogP contribution in [0.3, 0.4) is 0 Å². The first kappa shape index (κ1) is 16.0. The molecule has 7 heteroatoms. The maximum atomic E-state index is 12.6. The summed E-state index contributed by atoms with van der Waals surface area (Å²) in [5.41, 5.74) is 8.34. The Balaban J connectivity index is 1.77. The van der Waals surface area contributed by atoms with Crippen LogP contribution in [0.5, 0.6) is 0 Å². The van der Waals surface area contributed by atoms with Gasteiger partial charge in [-0.3, -0.25) is 5.10 Å². The summed E-state index contributed by atoms with van der Waals surface area (Å²) in [6.07, 6.45) is -3.96. The lowest BCUT2D eigenvalue weighted by Gasteiger charge is -2.06. The molecule has 0 bridgehead atoms. The van der Waals surface area contributed by atoms with Crippen molar-refractivity contribution >= 4 is 5.69 Å². The number of nitrogens with two attached hydrogens (primary N) is 1. The fourth-order valence-corrected chi connectivity index (χ4v) is 2.29. The minimum absolute atomic E-state index is 0.368. The van der Waals surface area contributed by atoms with Gasteiger partial charge in [0, 0.05) is 17.7 Å². The fraction of sp³-hybridized carbons (Fsp3) is 0.176. The Morgan fingerprint density at radius 2 is 1.79 bits per heavy atom. The van der Waals surface area contributed by atoms with Gasteiger partial charge in [-0.1, -0.05) is 24.3 Å². The highest BCUT2D eigenvalue weighted by molar-refractivity contribution is 5.63. The van der Waals surface area contributed by atoms with Crippen LogP contribution >= 0.6 is 0 Å². The Labute approximate surface area is 136 Å². The molecule has 3 rings (SSSR count). The van der Waals surface area contributed by atoms with Crippen LogP contribution in [0.2, 0.25) is 0 Å². The van der Waals surface area contributed by atoms with Crippen molar-refractivity contribution in [3.05, 3.63) is 65.0 Å². The highest BCUT2D eigenvalue weighted by Gasteiger charge is 2.29. The summed E-state index contributed by atoms with van der Waals surface area (Å²) in [6, 6.07) is 10.6. The lowest BCUT2D eigenvalue weighted by atomic mass is 10.1. The van der Waals surface area contributed by atoms with Crippen molar-refractivity contribution in [2.45, 2.75) is 19.5 Å². The molecule has 24 heavy (non-hydrogen) atoms. The first-order valence-electron chi connectivity index (χ1n) is 7.27. The number of nitrogens with one attached hydrogen (secondary N) is 1. The van der Waals surface area contributed by atoms with Crippen LogP contribution < -0.4 is 5.73 Å². The summed E-state index contributed by atoms with van der Waals surface area (Å²) in [7, 11) is 0. The molecular formula is C17H15F3N4. The van der Waals surface area contributed by atoms with Crippen molar-refractivity contribution in [3.8, 4) is 11.4 Å². The quantitative estimate of drug-likeness (QED) is 0.713. The van der Waals surface area contributed by atoms with Gasteiger partial charge in [0.1, 0.15) is 5.82 Å². The van der Waals surface area contributed by atoms with Crippen molar-refractivity contribution in [2.75, 3.05) is 5.73 Å². The Kier molecular flexibility index (Phi) is 4.01. The molecule has 0 aliphatic heterocycles. The number of halogens is 3. The fourth-order valence-electron chi connectivity index (χ4n) is 2.29. The molecule has 0 atom stereocenters. The largest absolute Gasteiger partial charge is 0.416 e. The Bertz CT molecular complexity index is 851. The third kappa shape index (κ3) is 3.40. The molecule has 0 aliphatic rings. The van der Waals surface area contributed by atoms with Gasteiger partial charge in [0.2, 0.25) is 0 Å². The van der Waals surface area contributed by atoms with Crippen LogP contribution in [-0.2, 0) is 12.6 Å². The predicted molar refractivity (Wildman–Crippen MR) is 85.2 cm³/mol. The second-order valence-electron chi connectivity index (χ2n) is 5.55. The van der Waals surface area contributed by atoms with Gasteiger partial charge in [-0.05, 0) is 36.2 Å². The number of alkyl halides is 3. The zero-order valence-corrected chi connectivity index (χ0v) is 12.9. The number of aryl methyl sites for hydroxylation is 1. The molecule has 0 amide bonds. The topological polar surface area (TPSA) is 67.6 Å². The number of hydrogen-bond donors (Lipinski definition) is 2. The van der Waals surface area contributed by atoms with Gasteiger partial charge in [0.05, 0.1) is 5.56 Å². The molecule has 0 unspecified atom stereocenters. The molecule has 0 radical (unpaired) electrons. The third-order valence-electron chi connectivity index (χ3n) is 3.72. The molecule has 0 aliphatic carbocycles. The molecule has 0 spiro atoms. The monoisotopic (exact) mass is 332 g/mol. The van der Waals surface area contributed by atoms with Gasteiger partial charge in [-0.25, -0.2) is 4.98 Å². The predicted octanol–water partition coefficient (Wildman–Crippen LogP) is 3.97. The summed E-state index contributed by atoms with van der Waals surface area (Å²) >= 11 is 0. The van der Waals surface area contributed by atoms with E-state index in [-0.39, 0.29) is 0 Å². The molecule has 0 saturated heterocycles. The molecule has 1 aromatic heterocycles. The second kappa shape index (κ2) is 5.99. The Hall–Kier alpha value is -2.83. The molecular weight excluding hydrogens is 317 g/mol. The maximum absolute atomic E-state index is 12.6. The zero-order chi connectivity index (χ0) is 17.3. The summed E-state index contributed by atoms with van der Waals surface area (Å²) in [5.74, 6) is 1.08. The summed E-state index contributed by atoms with van der Waals surface area (Å²) in [4.78, 5) is 4.37. The average Bonchev–Trinajstić information content (AvgIpc) is 2.98. The molecule has 2 aromatic carbocycles. The first-order chi connectivity index (χ1) is 11.3. The number of nitrogens with zero attached hydrogens (tertiary/aromatic N) is 2. The van der Waals surface area contributed by atoms with E-state index in [1.165, 1.54) is 12.1 Å². The maximum Gasteiger partial charge on any atom is 0.416 e. The molecule has 3 N–H and O–H groups in total. The Morgan fingerprint density at radius 3 is 2.42 bits per heavy atom. The van der Waals surface area contributed by atoms with Crippen LogP contribution in [0.4, 0.5) is 18.9 Å². The van der Waals surface area contributed by atoms with Gasteiger partial charge < -0.3 is 5.73 Å². The number of nitrogen functional groups attached to an aromatic ring is 1. The van der Waals surface area contributed by atoms with E-state index in [9.17, 15) is 13.2 Å². The number of H-pyrrole nitrogens is 1. The van der Waals surface area contributed by atoms with E-state index in [2.05, 4.69) is 15.2 Å². The number of rotatable bonds is 3. The molecule has 124 valence electrons. The molecule has 3 aromatic rings. The van der Waals surface area contributed by atoms with Crippen molar-refractivity contribution in [1.82, 2.24) is 15.2 Å². The number of aromatic nitrogens is 3. The van der Waals surface area contributed by atoms with E-state index in [1.807, 2.05) is 19.1 Å². The molecule has 0 fully saturated rings. The zero-order valence-electron chi connectivity index (χ0n) is 12.9. The highest BCUT2D eigenvalue weighted by Crippen LogP contribution is 2.29. The number of anilines is 1. The Morgan fingerprint density at radius 1 is 1.08 bits per heavy atom. The molecule has 0 saturated carbocycles. The third-order valence-corrected chi connectivity index (χ3v) is 3.72. The van der Waals surface area contributed by atoms with Gasteiger partial charge in [0.15, 0.2) is 5.82 Å². The standard InChI is InChI=1S/C17H15F3N4/c1-10-2-5-12(9-14(10)21)16-22-15(23-24-16)8-11-3-6-13(7-4-11)17(18,19)20/h2-7,9H,8,21H2,1H3,(H,22,23,24). The summed E-state index contributed by atoms with van der Waals surface area (Å²) in [5, 5.41) is 6.95. The van der Waals surface area contributed by atoms with Crippen LogP contribution in [0.1, 0.15) is 22.5 Å². The average molecular weight is 332 g/mol. The van der Waals surface area contributed by atoms with Crippen LogP contribution in [-0.4, -0.2) is 15.2 Å². The normalized spacial score (nSPS) is 11.7. The molecule has 1 heterocycles. The van der Waals surface area contributed by atoms with E-state index >= 15 is 0 Å². The van der Waals surface area contributed by atoms with E-state index in [1.54, 1.807) is 6.07 Å². The van der Waals surface area contributed by atoms with Crippen molar-refractivity contribution in [2.24, 2.45) is 0 Å². The minimum Gasteiger partial charge on any atom is -0.398 e. The van der Waals surface area contributed by atoms with Crippen molar-refractivity contribution < 1.29 is 13.2 Å². The second-order valence-corrected chi connectivity index (χ2v) is 5.55. The van der Waals surface area contributed by atoms with E-state index in [0.29, 0.717) is 29.3 Å². The first-order valence-corrected chi connectivity index (χ1v) is 7.27. The van der Waals surface area contributed by atoms with Gasteiger partial charge in [-0.15, -0.1) is 0 Å². The van der Waals surface area contributed by atoms with Crippen molar-refractivity contribution in [3.63, 3.8) is 0 Å².